The Morgan fingerprint density at radius 2 is 2.12 bits per heavy atom. The molecule has 0 aromatic rings. The van der Waals surface area contributed by atoms with E-state index in [4.69, 9.17) is 4.74 Å². The number of likely N-dealkylation sites (tertiary alicyclic amines) is 1. The molecule has 0 radical (unpaired) electrons. The Hall–Kier alpha value is -0.120. The second-order valence-corrected chi connectivity index (χ2v) is 6.42. The summed E-state index contributed by atoms with van der Waals surface area (Å²) in [6.45, 7) is 10.5. The molecule has 2 rings (SSSR count). The SMILES string of the molecule is CC1(C)C[C@]2(CCC[NH+](CC[NH3+])C2)CCO1. The first kappa shape index (κ1) is 12.3. The molecule has 16 heavy (non-hydrogen) atoms. The van der Waals surface area contributed by atoms with Crippen molar-refractivity contribution in [3.63, 3.8) is 0 Å². The van der Waals surface area contributed by atoms with E-state index in [2.05, 4.69) is 19.6 Å². The van der Waals surface area contributed by atoms with E-state index in [-0.39, 0.29) is 5.60 Å². The Morgan fingerprint density at radius 1 is 1.31 bits per heavy atom. The van der Waals surface area contributed by atoms with Crippen LogP contribution in [0.1, 0.15) is 39.5 Å². The molecule has 0 aliphatic carbocycles. The maximum absolute atomic E-state index is 5.87. The minimum absolute atomic E-state index is 0.102. The lowest BCUT2D eigenvalue weighted by atomic mass is 9.69. The molecule has 3 nitrogen and oxygen atoms in total. The van der Waals surface area contributed by atoms with Gasteiger partial charge in [0.1, 0.15) is 13.1 Å². The van der Waals surface area contributed by atoms with Gasteiger partial charge >= 0.3 is 0 Å². The van der Waals surface area contributed by atoms with Gasteiger partial charge in [0.15, 0.2) is 0 Å². The molecule has 94 valence electrons. The van der Waals surface area contributed by atoms with Crippen LogP contribution in [0.3, 0.4) is 0 Å². The highest BCUT2D eigenvalue weighted by Crippen LogP contribution is 2.42. The molecule has 2 fully saturated rings. The Labute approximate surface area is 99.3 Å². The smallest absolute Gasteiger partial charge is 0.127 e. The van der Waals surface area contributed by atoms with Crippen molar-refractivity contribution < 1.29 is 15.4 Å². The van der Waals surface area contributed by atoms with E-state index in [0.717, 1.165) is 13.2 Å². The van der Waals surface area contributed by atoms with Crippen LogP contribution in [-0.4, -0.2) is 38.4 Å². The molecule has 1 spiro atoms. The van der Waals surface area contributed by atoms with Crippen molar-refractivity contribution in [3.05, 3.63) is 0 Å². The van der Waals surface area contributed by atoms with Crippen LogP contribution in [-0.2, 0) is 4.74 Å². The summed E-state index contributed by atoms with van der Waals surface area (Å²) in [6, 6.07) is 0. The molecule has 1 unspecified atom stereocenters. The maximum atomic E-state index is 5.87. The fourth-order valence-corrected chi connectivity index (χ4v) is 3.83. The molecule has 0 aromatic carbocycles. The van der Waals surface area contributed by atoms with Crippen LogP contribution in [0.4, 0.5) is 0 Å². The van der Waals surface area contributed by atoms with Crippen molar-refractivity contribution >= 4 is 0 Å². The molecule has 0 aromatic heterocycles. The zero-order valence-corrected chi connectivity index (χ0v) is 11.0. The third-order valence-electron chi connectivity index (χ3n) is 4.32. The first-order valence-corrected chi connectivity index (χ1v) is 6.82. The highest BCUT2D eigenvalue weighted by Gasteiger charge is 2.45. The number of piperidine rings is 1. The van der Waals surface area contributed by atoms with Gasteiger partial charge in [-0.1, -0.05) is 0 Å². The molecule has 4 N–H and O–H groups in total. The molecule has 0 saturated carbocycles. The van der Waals surface area contributed by atoms with E-state index in [1.807, 2.05) is 0 Å². The van der Waals surface area contributed by atoms with Gasteiger partial charge in [-0.15, -0.1) is 0 Å². The van der Waals surface area contributed by atoms with Gasteiger partial charge < -0.3 is 15.4 Å². The number of rotatable bonds is 2. The molecular weight excluding hydrogens is 200 g/mol. The Balaban J connectivity index is 2.00. The van der Waals surface area contributed by atoms with E-state index in [9.17, 15) is 0 Å². The summed E-state index contributed by atoms with van der Waals surface area (Å²) in [6.07, 6.45) is 5.34. The monoisotopic (exact) mass is 228 g/mol. The van der Waals surface area contributed by atoms with Gasteiger partial charge in [0.2, 0.25) is 0 Å². The quantitative estimate of drug-likeness (QED) is 0.656. The fraction of sp³-hybridized carbons (Fsp3) is 1.00. The number of quaternary nitrogens is 2. The largest absolute Gasteiger partial charge is 0.376 e. The summed E-state index contributed by atoms with van der Waals surface area (Å²) in [5, 5.41) is 0. The second-order valence-electron chi connectivity index (χ2n) is 6.42. The van der Waals surface area contributed by atoms with Gasteiger partial charge in [-0.25, -0.2) is 0 Å². The molecule has 0 amide bonds. The second kappa shape index (κ2) is 4.63. The minimum atomic E-state index is 0.102. The summed E-state index contributed by atoms with van der Waals surface area (Å²) >= 11 is 0. The number of hydrogen-bond acceptors (Lipinski definition) is 1. The maximum Gasteiger partial charge on any atom is 0.127 e. The molecule has 3 heteroatoms. The van der Waals surface area contributed by atoms with Crippen molar-refractivity contribution in [3.8, 4) is 0 Å². The Kier molecular flexibility index (Phi) is 3.57. The first-order valence-electron chi connectivity index (χ1n) is 6.82. The fourth-order valence-electron chi connectivity index (χ4n) is 3.83. The van der Waals surface area contributed by atoms with Gasteiger partial charge in [-0.2, -0.15) is 0 Å². The summed E-state index contributed by atoms with van der Waals surface area (Å²) in [4.78, 5) is 1.78. The summed E-state index contributed by atoms with van der Waals surface area (Å²) in [7, 11) is 0. The van der Waals surface area contributed by atoms with Gasteiger partial charge in [0, 0.05) is 12.0 Å². The zero-order valence-electron chi connectivity index (χ0n) is 11.0. The summed E-state index contributed by atoms with van der Waals surface area (Å²) < 4.78 is 5.87. The van der Waals surface area contributed by atoms with Crippen LogP contribution in [0.5, 0.6) is 0 Å². The van der Waals surface area contributed by atoms with Gasteiger partial charge in [-0.3, -0.25) is 0 Å². The van der Waals surface area contributed by atoms with E-state index in [1.165, 1.54) is 45.3 Å². The first-order chi connectivity index (χ1) is 7.55. The number of ether oxygens (including phenoxy) is 1. The molecule has 2 atom stereocenters. The zero-order chi connectivity index (χ0) is 11.6. The highest BCUT2D eigenvalue weighted by molar-refractivity contribution is 4.91. The normalized spacial score (nSPS) is 38.8. The third kappa shape index (κ3) is 2.76. The van der Waals surface area contributed by atoms with Crippen LogP contribution >= 0.6 is 0 Å². The molecular formula is C13H28N2O+2. The predicted octanol–water partition coefficient (Wildman–Crippen LogP) is -0.518. The molecule has 0 bridgehead atoms. The summed E-state index contributed by atoms with van der Waals surface area (Å²) in [5.74, 6) is 0. The van der Waals surface area contributed by atoms with Gasteiger partial charge in [0.25, 0.3) is 0 Å². The Bertz CT molecular complexity index is 236. The molecule has 2 aliphatic heterocycles. The lowest BCUT2D eigenvalue weighted by Crippen LogP contribution is -3.15. The third-order valence-corrected chi connectivity index (χ3v) is 4.32. The molecule has 2 saturated heterocycles. The van der Waals surface area contributed by atoms with Crippen LogP contribution in [0.2, 0.25) is 0 Å². The standard InChI is InChI=1S/C13H26N2O/c1-12(2)10-13(5-9-16-12)4-3-7-15(11-13)8-6-14/h3-11,14H2,1-2H3/p+2/t13-/m0/s1. The average Bonchev–Trinajstić information content (AvgIpc) is 2.16. The van der Waals surface area contributed by atoms with Gasteiger partial charge in [-0.05, 0) is 39.5 Å². The minimum Gasteiger partial charge on any atom is -0.376 e. The lowest BCUT2D eigenvalue weighted by Gasteiger charge is -2.47. The number of nitrogens with one attached hydrogen (secondary N) is 1. The van der Waals surface area contributed by atoms with Crippen LogP contribution in [0.15, 0.2) is 0 Å². The topological polar surface area (TPSA) is 41.3 Å². The Morgan fingerprint density at radius 3 is 2.81 bits per heavy atom. The van der Waals surface area contributed by atoms with Crippen molar-refractivity contribution in [2.75, 3.05) is 32.8 Å². The summed E-state index contributed by atoms with van der Waals surface area (Å²) in [5.41, 5.74) is 4.67. The predicted molar refractivity (Wildman–Crippen MR) is 64.3 cm³/mol. The van der Waals surface area contributed by atoms with Crippen molar-refractivity contribution in [1.82, 2.24) is 0 Å². The van der Waals surface area contributed by atoms with Crippen LogP contribution in [0, 0.1) is 5.41 Å². The van der Waals surface area contributed by atoms with Crippen LogP contribution < -0.4 is 10.6 Å². The van der Waals surface area contributed by atoms with E-state index in [0.29, 0.717) is 5.41 Å². The average molecular weight is 228 g/mol. The highest BCUT2D eigenvalue weighted by atomic mass is 16.5. The van der Waals surface area contributed by atoms with Gasteiger partial charge in [0.05, 0.1) is 18.7 Å². The number of hydrogen-bond donors (Lipinski definition) is 2. The van der Waals surface area contributed by atoms with Crippen molar-refractivity contribution in [2.45, 2.75) is 45.1 Å². The van der Waals surface area contributed by atoms with Crippen LogP contribution in [0.25, 0.3) is 0 Å². The van der Waals surface area contributed by atoms with E-state index >= 15 is 0 Å². The van der Waals surface area contributed by atoms with E-state index < -0.39 is 0 Å². The lowest BCUT2D eigenvalue weighted by molar-refractivity contribution is -0.918. The van der Waals surface area contributed by atoms with Crippen molar-refractivity contribution in [1.29, 1.82) is 0 Å². The van der Waals surface area contributed by atoms with E-state index in [1.54, 1.807) is 4.90 Å². The molecule has 2 aliphatic rings. The molecule has 2 heterocycles. The van der Waals surface area contributed by atoms with Crippen molar-refractivity contribution in [2.24, 2.45) is 5.41 Å².